The minimum absolute atomic E-state index is 0.122. The summed E-state index contributed by atoms with van der Waals surface area (Å²) >= 11 is 3.14. The lowest BCUT2D eigenvalue weighted by molar-refractivity contribution is 0.0354. The molecule has 0 radical (unpaired) electrons. The normalized spacial score (nSPS) is 12.9. The van der Waals surface area contributed by atoms with Gasteiger partial charge in [-0.2, -0.15) is 8.78 Å². The maximum Gasteiger partial charge on any atom is 0.404 e. The number of halogens is 3. The monoisotopic (exact) mass is 399 g/mol. The van der Waals surface area contributed by atoms with Crippen molar-refractivity contribution in [3.63, 3.8) is 0 Å². The SMILES string of the molecule is CCOP(=O)(OCC)C(F)(F)c1ccc(CN(C)C)cc1Br. The summed E-state index contributed by atoms with van der Waals surface area (Å²) in [7, 11) is -0.820. The average Bonchev–Trinajstić information content (AvgIpc) is 2.38. The van der Waals surface area contributed by atoms with Crippen LogP contribution in [-0.4, -0.2) is 32.2 Å². The van der Waals surface area contributed by atoms with Gasteiger partial charge in [0.2, 0.25) is 0 Å². The smallest absolute Gasteiger partial charge is 0.305 e. The molecule has 1 aromatic carbocycles. The van der Waals surface area contributed by atoms with Crippen LogP contribution >= 0.6 is 23.5 Å². The molecule has 0 aromatic heterocycles. The van der Waals surface area contributed by atoms with Gasteiger partial charge in [-0.05, 0) is 39.6 Å². The number of hydrogen-bond acceptors (Lipinski definition) is 4. The number of rotatable bonds is 8. The summed E-state index contributed by atoms with van der Waals surface area (Å²) < 4.78 is 51.6. The van der Waals surface area contributed by atoms with Crippen molar-refractivity contribution in [2.24, 2.45) is 0 Å². The third kappa shape index (κ3) is 4.36. The molecule has 0 saturated carbocycles. The van der Waals surface area contributed by atoms with Crippen molar-refractivity contribution in [2.45, 2.75) is 26.1 Å². The van der Waals surface area contributed by atoms with Crippen LogP contribution in [0.2, 0.25) is 0 Å². The second-order valence-corrected chi connectivity index (χ2v) is 7.85. The lowest BCUT2D eigenvalue weighted by Crippen LogP contribution is -2.19. The molecule has 0 aliphatic carbocycles. The Morgan fingerprint density at radius 3 is 2.18 bits per heavy atom. The van der Waals surface area contributed by atoms with Crippen molar-refractivity contribution in [3.8, 4) is 0 Å². The standard InChI is InChI=1S/C14H21BrF2NO3P/c1-5-20-22(19,21-6-2)14(16,17)12-8-7-11(9-13(12)15)10-18(3)4/h7-9H,5-6,10H2,1-4H3. The molecule has 0 fully saturated rings. The van der Waals surface area contributed by atoms with Crippen LogP contribution in [0.5, 0.6) is 0 Å². The van der Waals surface area contributed by atoms with E-state index in [0.29, 0.717) is 6.54 Å². The highest BCUT2D eigenvalue weighted by Crippen LogP contribution is 2.67. The van der Waals surface area contributed by atoms with E-state index in [4.69, 9.17) is 9.05 Å². The molecule has 22 heavy (non-hydrogen) atoms. The third-order valence-corrected chi connectivity index (χ3v) is 5.58. The van der Waals surface area contributed by atoms with E-state index >= 15 is 0 Å². The van der Waals surface area contributed by atoms with Gasteiger partial charge in [0.1, 0.15) is 0 Å². The largest absolute Gasteiger partial charge is 0.404 e. The molecule has 0 aliphatic rings. The topological polar surface area (TPSA) is 38.8 Å². The van der Waals surface area contributed by atoms with E-state index in [1.165, 1.54) is 19.9 Å². The van der Waals surface area contributed by atoms with Crippen molar-refractivity contribution in [1.29, 1.82) is 0 Å². The first-order valence-electron chi connectivity index (χ1n) is 6.88. The predicted octanol–water partition coefficient (Wildman–Crippen LogP) is 4.83. The Labute approximate surface area is 138 Å². The molecule has 1 rings (SSSR count). The minimum Gasteiger partial charge on any atom is -0.305 e. The molecular formula is C14H21BrF2NO3P. The van der Waals surface area contributed by atoms with E-state index in [-0.39, 0.29) is 17.7 Å². The highest BCUT2D eigenvalue weighted by atomic mass is 79.9. The van der Waals surface area contributed by atoms with Gasteiger partial charge in [-0.15, -0.1) is 0 Å². The van der Waals surface area contributed by atoms with Gasteiger partial charge in [-0.25, -0.2) is 0 Å². The Kier molecular flexibility index (Phi) is 7.15. The molecule has 0 saturated heterocycles. The molecule has 4 nitrogen and oxygen atoms in total. The number of benzene rings is 1. The lowest BCUT2D eigenvalue weighted by Gasteiger charge is -2.27. The molecule has 0 atom stereocenters. The summed E-state index contributed by atoms with van der Waals surface area (Å²) in [5, 5.41) is 0. The van der Waals surface area contributed by atoms with E-state index in [9.17, 15) is 13.3 Å². The van der Waals surface area contributed by atoms with Gasteiger partial charge in [0.25, 0.3) is 0 Å². The second kappa shape index (κ2) is 7.97. The summed E-state index contributed by atoms with van der Waals surface area (Å²) in [6.07, 6.45) is 0. The molecule has 126 valence electrons. The van der Waals surface area contributed by atoms with Crippen LogP contribution in [0.25, 0.3) is 0 Å². The van der Waals surface area contributed by atoms with Gasteiger partial charge in [0.05, 0.1) is 13.2 Å². The third-order valence-electron chi connectivity index (χ3n) is 2.80. The van der Waals surface area contributed by atoms with Crippen LogP contribution in [0.1, 0.15) is 25.0 Å². The zero-order chi connectivity index (χ0) is 17.0. The Morgan fingerprint density at radius 1 is 1.23 bits per heavy atom. The average molecular weight is 400 g/mol. The van der Waals surface area contributed by atoms with Crippen molar-refractivity contribution in [3.05, 3.63) is 33.8 Å². The van der Waals surface area contributed by atoms with Crippen LogP contribution in [0.15, 0.2) is 22.7 Å². The molecule has 0 unspecified atom stereocenters. The fourth-order valence-electron chi connectivity index (χ4n) is 1.95. The van der Waals surface area contributed by atoms with Crippen LogP contribution < -0.4 is 0 Å². The molecule has 0 heterocycles. The molecule has 0 bridgehead atoms. The van der Waals surface area contributed by atoms with Gasteiger partial charge >= 0.3 is 13.3 Å². The first kappa shape index (κ1) is 19.7. The van der Waals surface area contributed by atoms with Crippen molar-refractivity contribution >= 4 is 23.5 Å². The van der Waals surface area contributed by atoms with Crippen LogP contribution in [-0.2, 0) is 25.8 Å². The number of nitrogens with zero attached hydrogens (tertiary/aromatic N) is 1. The van der Waals surface area contributed by atoms with E-state index in [2.05, 4.69) is 15.9 Å². The Balaban J connectivity index is 3.23. The first-order chi connectivity index (χ1) is 10.2. The molecule has 0 spiro atoms. The quantitative estimate of drug-likeness (QED) is 0.587. The molecule has 8 heteroatoms. The van der Waals surface area contributed by atoms with Gasteiger partial charge in [-0.1, -0.05) is 28.1 Å². The minimum atomic E-state index is -4.59. The highest BCUT2D eigenvalue weighted by molar-refractivity contribution is 9.10. The summed E-state index contributed by atoms with van der Waals surface area (Å²) in [5.41, 5.74) is -3.27. The Hall–Kier alpha value is -0.330. The zero-order valence-electron chi connectivity index (χ0n) is 13.1. The van der Waals surface area contributed by atoms with E-state index < -0.39 is 18.8 Å². The molecular weight excluding hydrogens is 379 g/mol. The van der Waals surface area contributed by atoms with E-state index in [0.717, 1.165) is 5.56 Å². The van der Waals surface area contributed by atoms with Gasteiger partial charge in [0, 0.05) is 16.6 Å². The van der Waals surface area contributed by atoms with Gasteiger partial charge in [0.15, 0.2) is 0 Å². The Bertz CT molecular complexity index is 545. The first-order valence-corrected chi connectivity index (χ1v) is 9.22. The molecule has 1 aromatic rings. The van der Waals surface area contributed by atoms with Crippen molar-refractivity contribution in [2.75, 3.05) is 27.3 Å². The Morgan fingerprint density at radius 2 is 1.77 bits per heavy atom. The maximum atomic E-state index is 14.7. The summed E-state index contributed by atoms with van der Waals surface area (Å²) in [4.78, 5) is 1.92. The van der Waals surface area contributed by atoms with E-state index in [1.807, 2.05) is 19.0 Å². The fourth-order valence-corrected chi connectivity index (χ4v) is 4.35. The summed E-state index contributed by atoms with van der Waals surface area (Å²) in [6.45, 7) is 3.36. The zero-order valence-corrected chi connectivity index (χ0v) is 15.6. The fraction of sp³-hybridized carbons (Fsp3) is 0.571. The van der Waals surface area contributed by atoms with Gasteiger partial charge in [-0.3, -0.25) is 4.57 Å². The molecule has 0 amide bonds. The van der Waals surface area contributed by atoms with Crippen LogP contribution in [0.4, 0.5) is 8.78 Å². The van der Waals surface area contributed by atoms with Crippen LogP contribution in [0, 0.1) is 0 Å². The number of alkyl halides is 2. The second-order valence-electron chi connectivity index (χ2n) is 4.93. The van der Waals surface area contributed by atoms with Crippen molar-refractivity contribution < 1.29 is 22.4 Å². The molecule has 0 aliphatic heterocycles. The highest BCUT2D eigenvalue weighted by Gasteiger charge is 2.55. The van der Waals surface area contributed by atoms with Crippen molar-refractivity contribution in [1.82, 2.24) is 4.90 Å². The maximum absolute atomic E-state index is 14.7. The molecule has 0 N–H and O–H groups in total. The van der Waals surface area contributed by atoms with Crippen LogP contribution in [0.3, 0.4) is 0 Å². The predicted molar refractivity (Wildman–Crippen MR) is 86.3 cm³/mol. The number of hydrogen-bond donors (Lipinski definition) is 0. The summed E-state index contributed by atoms with van der Waals surface area (Å²) in [6, 6.07) is 4.43. The summed E-state index contributed by atoms with van der Waals surface area (Å²) in [5.74, 6) is 0. The lowest BCUT2D eigenvalue weighted by atomic mass is 10.1. The van der Waals surface area contributed by atoms with E-state index in [1.54, 1.807) is 12.1 Å². The van der Waals surface area contributed by atoms with Gasteiger partial charge < -0.3 is 13.9 Å².